The lowest BCUT2D eigenvalue weighted by molar-refractivity contribution is 0.0995. The second kappa shape index (κ2) is 2.96. The number of nitrogens with one attached hydrogen (secondary N) is 1. The Labute approximate surface area is 63.7 Å². The molecule has 0 aliphatic carbocycles. The molecule has 0 unspecified atom stereocenters. The molecule has 1 aromatic rings. The van der Waals surface area contributed by atoms with Crippen molar-refractivity contribution >= 4 is 11.7 Å². The van der Waals surface area contributed by atoms with E-state index < -0.39 is 5.91 Å². The number of rotatable bonds is 2. The fourth-order valence-corrected chi connectivity index (χ4v) is 0.629. The van der Waals surface area contributed by atoms with E-state index in [0.29, 0.717) is 5.82 Å². The van der Waals surface area contributed by atoms with E-state index in [9.17, 15) is 4.79 Å². The van der Waals surface area contributed by atoms with Crippen LogP contribution in [0.3, 0.4) is 0 Å². The molecule has 0 radical (unpaired) electrons. The second-order valence-electron chi connectivity index (χ2n) is 1.90. The van der Waals surface area contributed by atoms with E-state index in [4.69, 9.17) is 5.73 Å². The molecule has 58 valence electrons. The molecule has 0 aliphatic heterocycles. The highest BCUT2D eigenvalue weighted by atomic mass is 16.1. The largest absolute Gasteiger partial charge is 0.373 e. The van der Waals surface area contributed by atoms with Gasteiger partial charge >= 0.3 is 0 Å². The van der Waals surface area contributed by atoms with Gasteiger partial charge in [-0.3, -0.25) is 4.79 Å². The summed E-state index contributed by atoms with van der Waals surface area (Å²) in [6.45, 7) is 0. The molecule has 0 fully saturated rings. The van der Waals surface area contributed by atoms with Crippen LogP contribution in [0.1, 0.15) is 10.5 Å². The van der Waals surface area contributed by atoms with E-state index in [2.05, 4.69) is 15.3 Å². The van der Waals surface area contributed by atoms with Gasteiger partial charge in [-0.15, -0.1) is 0 Å². The lowest BCUT2D eigenvalue weighted by Gasteiger charge is -1.97. The average molecular weight is 152 g/mol. The highest BCUT2D eigenvalue weighted by Crippen LogP contribution is 2.00. The topological polar surface area (TPSA) is 80.9 Å². The monoisotopic (exact) mass is 152 g/mol. The summed E-state index contributed by atoms with van der Waals surface area (Å²) in [6.07, 6.45) is 1.28. The van der Waals surface area contributed by atoms with Gasteiger partial charge in [0.1, 0.15) is 17.8 Å². The lowest BCUT2D eigenvalue weighted by atomic mass is 10.4. The molecule has 0 spiro atoms. The number of carbonyl (C=O) groups is 1. The highest BCUT2D eigenvalue weighted by molar-refractivity contribution is 5.91. The minimum Gasteiger partial charge on any atom is -0.373 e. The first-order valence-corrected chi connectivity index (χ1v) is 3.03. The molecule has 0 saturated carbocycles. The number of aromatic nitrogens is 2. The molecule has 5 nitrogen and oxygen atoms in total. The van der Waals surface area contributed by atoms with Crippen molar-refractivity contribution in [3.8, 4) is 0 Å². The number of nitrogens with zero attached hydrogens (tertiary/aromatic N) is 2. The highest BCUT2D eigenvalue weighted by Gasteiger charge is 2.01. The summed E-state index contributed by atoms with van der Waals surface area (Å²) >= 11 is 0. The number of amides is 1. The zero-order chi connectivity index (χ0) is 8.27. The zero-order valence-electron chi connectivity index (χ0n) is 6.03. The summed E-state index contributed by atoms with van der Waals surface area (Å²) in [4.78, 5) is 18.0. The molecule has 0 atom stereocenters. The van der Waals surface area contributed by atoms with Crippen molar-refractivity contribution in [2.75, 3.05) is 12.4 Å². The molecule has 1 heterocycles. The molecular formula is C6H8N4O. The van der Waals surface area contributed by atoms with Crippen molar-refractivity contribution in [3.05, 3.63) is 18.1 Å². The first-order chi connectivity index (χ1) is 5.24. The van der Waals surface area contributed by atoms with Crippen LogP contribution in [0.25, 0.3) is 0 Å². The van der Waals surface area contributed by atoms with Gasteiger partial charge < -0.3 is 11.1 Å². The molecule has 1 rings (SSSR count). The third-order valence-electron chi connectivity index (χ3n) is 1.18. The Balaban J connectivity index is 3.01. The molecular weight excluding hydrogens is 144 g/mol. The molecule has 0 bridgehead atoms. The number of hydrogen-bond acceptors (Lipinski definition) is 4. The van der Waals surface area contributed by atoms with Gasteiger partial charge in [-0.05, 0) is 0 Å². The standard InChI is InChI=1S/C6H8N4O/c1-8-5-2-4(6(7)11)9-3-10-5/h2-3H,1H3,(H2,7,11)(H,8,9,10). The summed E-state index contributed by atoms with van der Waals surface area (Å²) in [7, 11) is 1.70. The van der Waals surface area contributed by atoms with Gasteiger partial charge in [-0.25, -0.2) is 9.97 Å². The van der Waals surface area contributed by atoms with Crippen LogP contribution in [-0.4, -0.2) is 22.9 Å². The van der Waals surface area contributed by atoms with E-state index in [-0.39, 0.29) is 5.69 Å². The van der Waals surface area contributed by atoms with E-state index in [1.165, 1.54) is 12.4 Å². The molecule has 0 aromatic carbocycles. The van der Waals surface area contributed by atoms with Gasteiger partial charge in [0.25, 0.3) is 5.91 Å². The minimum absolute atomic E-state index is 0.212. The number of primary amides is 1. The van der Waals surface area contributed by atoms with E-state index in [1.807, 2.05) is 0 Å². The Morgan fingerprint density at radius 1 is 1.64 bits per heavy atom. The van der Waals surface area contributed by atoms with Crippen molar-refractivity contribution in [2.24, 2.45) is 5.73 Å². The van der Waals surface area contributed by atoms with Crippen molar-refractivity contribution in [2.45, 2.75) is 0 Å². The van der Waals surface area contributed by atoms with Gasteiger partial charge in [-0.2, -0.15) is 0 Å². The molecule has 5 heteroatoms. The Kier molecular flexibility index (Phi) is 2.00. The van der Waals surface area contributed by atoms with Crippen LogP contribution in [0.15, 0.2) is 12.4 Å². The number of anilines is 1. The second-order valence-corrected chi connectivity index (χ2v) is 1.90. The van der Waals surface area contributed by atoms with Crippen molar-refractivity contribution in [1.29, 1.82) is 0 Å². The van der Waals surface area contributed by atoms with Crippen LogP contribution < -0.4 is 11.1 Å². The lowest BCUT2D eigenvalue weighted by Crippen LogP contribution is -2.13. The predicted molar refractivity (Wildman–Crippen MR) is 40.1 cm³/mol. The van der Waals surface area contributed by atoms with E-state index in [1.54, 1.807) is 7.05 Å². The third-order valence-corrected chi connectivity index (χ3v) is 1.18. The van der Waals surface area contributed by atoms with E-state index in [0.717, 1.165) is 0 Å². The molecule has 11 heavy (non-hydrogen) atoms. The van der Waals surface area contributed by atoms with Gasteiger partial charge in [-0.1, -0.05) is 0 Å². The summed E-state index contributed by atoms with van der Waals surface area (Å²) in [6, 6.07) is 1.49. The maximum absolute atomic E-state index is 10.6. The maximum atomic E-state index is 10.6. The molecule has 0 aliphatic rings. The van der Waals surface area contributed by atoms with Crippen LogP contribution in [0, 0.1) is 0 Å². The summed E-state index contributed by atoms with van der Waals surface area (Å²) in [5.74, 6) is 0.0256. The average Bonchev–Trinajstić information content (AvgIpc) is 2.05. The fourth-order valence-electron chi connectivity index (χ4n) is 0.629. The quantitative estimate of drug-likeness (QED) is 0.605. The van der Waals surface area contributed by atoms with Crippen molar-refractivity contribution in [3.63, 3.8) is 0 Å². The Morgan fingerprint density at radius 2 is 2.36 bits per heavy atom. The molecule has 0 saturated heterocycles. The summed E-state index contributed by atoms with van der Waals surface area (Å²) in [5.41, 5.74) is 5.19. The summed E-state index contributed by atoms with van der Waals surface area (Å²) < 4.78 is 0. The smallest absolute Gasteiger partial charge is 0.267 e. The molecule has 1 amide bonds. The SMILES string of the molecule is CNc1cc(C(N)=O)ncn1. The Hall–Kier alpha value is -1.65. The predicted octanol–water partition coefficient (Wildman–Crippen LogP) is -0.383. The van der Waals surface area contributed by atoms with Crippen molar-refractivity contribution in [1.82, 2.24) is 9.97 Å². The number of nitrogens with two attached hydrogens (primary N) is 1. The first-order valence-electron chi connectivity index (χ1n) is 3.03. The van der Waals surface area contributed by atoms with Gasteiger partial charge in [0.2, 0.25) is 0 Å². The Bertz CT molecular complexity index is 273. The van der Waals surface area contributed by atoms with Gasteiger partial charge in [0.05, 0.1) is 0 Å². The van der Waals surface area contributed by atoms with Crippen LogP contribution in [0.2, 0.25) is 0 Å². The van der Waals surface area contributed by atoms with E-state index >= 15 is 0 Å². The molecule has 3 N–H and O–H groups in total. The number of hydrogen-bond donors (Lipinski definition) is 2. The number of carbonyl (C=O) groups excluding carboxylic acids is 1. The zero-order valence-corrected chi connectivity index (χ0v) is 6.03. The van der Waals surface area contributed by atoms with Crippen LogP contribution >= 0.6 is 0 Å². The third kappa shape index (κ3) is 1.64. The Morgan fingerprint density at radius 3 is 2.91 bits per heavy atom. The van der Waals surface area contributed by atoms with Gasteiger partial charge in [0.15, 0.2) is 0 Å². The van der Waals surface area contributed by atoms with Crippen molar-refractivity contribution < 1.29 is 4.79 Å². The minimum atomic E-state index is -0.552. The normalized spacial score (nSPS) is 9.18. The fraction of sp³-hybridized carbons (Fsp3) is 0.167. The van der Waals surface area contributed by atoms with Crippen LogP contribution in [0.5, 0.6) is 0 Å². The molecule has 1 aromatic heterocycles. The van der Waals surface area contributed by atoms with Crippen LogP contribution in [0.4, 0.5) is 5.82 Å². The van der Waals surface area contributed by atoms with Gasteiger partial charge in [0, 0.05) is 13.1 Å². The first kappa shape index (κ1) is 7.46. The maximum Gasteiger partial charge on any atom is 0.267 e. The summed E-state index contributed by atoms with van der Waals surface area (Å²) in [5, 5.41) is 2.76. The van der Waals surface area contributed by atoms with Crippen LogP contribution in [-0.2, 0) is 0 Å².